The summed E-state index contributed by atoms with van der Waals surface area (Å²) in [6.45, 7) is -1.08. The van der Waals surface area contributed by atoms with Crippen molar-refractivity contribution in [3.8, 4) is 0 Å². The average molecular weight is 368 g/mol. The van der Waals surface area contributed by atoms with Crippen LogP contribution in [-0.2, 0) is 33.6 Å². The van der Waals surface area contributed by atoms with Crippen LogP contribution in [0, 0.1) is 0 Å². The highest BCUT2D eigenvalue weighted by atomic mass is 19.4. The fraction of sp³-hybridized carbons (Fsp3) is 0.235. The summed E-state index contributed by atoms with van der Waals surface area (Å²) < 4.78 is 43.2. The fourth-order valence-corrected chi connectivity index (χ4v) is 2.00. The third-order valence-corrected chi connectivity index (χ3v) is 3.31. The summed E-state index contributed by atoms with van der Waals surface area (Å²) in [4.78, 5) is 34.8. The number of hydrogen-bond acceptors (Lipinski definition) is 4. The molecule has 0 bridgehead atoms. The molecular formula is C17H15F3N2O4. The van der Waals surface area contributed by atoms with Gasteiger partial charge in [0.15, 0.2) is 6.61 Å². The van der Waals surface area contributed by atoms with E-state index in [0.717, 1.165) is 5.56 Å². The van der Waals surface area contributed by atoms with Crippen molar-refractivity contribution in [2.45, 2.75) is 19.3 Å². The molecule has 2 aromatic rings. The number of benzene rings is 1. The Balaban J connectivity index is 1.85. The largest absolute Gasteiger partial charge is 0.454 e. The topological polar surface area (TPSA) is 77.4 Å². The van der Waals surface area contributed by atoms with E-state index in [9.17, 15) is 27.6 Å². The van der Waals surface area contributed by atoms with Gasteiger partial charge in [-0.25, -0.2) is 0 Å². The molecule has 2 rings (SSSR count). The number of halogens is 3. The molecule has 1 N–H and O–H groups in total. The van der Waals surface area contributed by atoms with E-state index < -0.39 is 42.3 Å². The zero-order valence-corrected chi connectivity index (χ0v) is 13.5. The minimum atomic E-state index is -4.64. The third-order valence-electron chi connectivity index (χ3n) is 3.31. The minimum Gasteiger partial charge on any atom is -0.454 e. The second-order valence-electron chi connectivity index (χ2n) is 5.30. The zero-order chi connectivity index (χ0) is 19.2. The molecule has 1 aromatic carbocycles. The predicted octanol–water partition coefficient (Wildman–Crippen LogP) is 1.73. The van der Waals surface area contributed by atoms with Crippen LogP contribution in [0.5, 0.6) is 0 Å². The number of nitrogens with one attached hydrogen (secondary N) is 1. The molecule has 0 aliphatic carbocycles. The van der Waals surface area contributed by atoms with E-state index >= 15 is 0 Å². The summed E-state index contributed by atoms with van der Waals surface area (Å²) in [6.07, 6.45) is -4.12. The predicted molar refractivity (Wildman–Crippen MR) is 85.0 cm³/mol. The lowest BCUT2D eigenvalue weighted by molar-refractivity contribution is -0.149. The van der Waals surface area contributed by atoms with Crippen LogP contribution in [0.1, 0.15) is 11.1 Å². The van der Waals surface area contributed by atoms with Gasteiger partial charge in [0.1, 0.15) is 6.54 Å². The maximum Gasteiger partial charge on any atom is 0.417 e. The van der Waals surface area contributed by atoms with Crippen molar-refractivity contribution in [2.24, 2.45) is 0 Å². The van der Waals surface area contributed by atoms with Gasteiger partial charge >= 0.3 is 12.1 Å². The molecule has 1 heterocycles. The molecule has 0 unspecified atom stereocenters. The molecular weight excluding hydrogens is 353 g/mol. The highest BCUT2D eigenvalue weighted by Gasteiger charge is 2.31. The lowest BCUT2D eigenvalue weighted by Crippen LogP contribution is -2.31. The number of aromatic nitrogens is 1. The molecule has 0 aliphatic rings. The summed E-state index contributed by atoms with van der Waals surface area (Å²) in [6, 6.07) is 10.4. The van der Waals surface area contributed by atoms with Crippen LogP contribution in [0.2, 0.25) is 0 Å². The van der Waals surface area contributed by atoms with Crippen LogP contribution >= 0.6 is 0 Å². The normalized spacial score (nSPS) is 11.0. The Morgan fingerprint density at radius 1 is 1.08 bits per heavy atom. The number of rotatable bonds is 6. The van der Waals surface area contributed by atoms with E-state index in [1.54, 1.807) is 24.3 Å². The molecule has 0 spiro atoms. The number of ether oxygens (including phenoxy) is 1. The summed E-state index contributed by atoms with van der Waals surface area (Å²) in [5, 5.41) is 2.53. The van der Waals surface area contributed by atoms with Crippen LogP contribution in [0.4, 0.5) is 13.2 Å². The summed E-state index contributed by atoms with van der Waals surface area (Å²) in [5.41, 5.74) is -1.00. The van der Waals surface area contributed by atoms with Crippen molar-refractivity contribution < 1.29 is 27.5 Å². The number of pyridine rings is 1. The molecule has 6 nitrogen and oxygen atoms in total. The Hall–Kier alpha value is -3.10. The molecule has 1 aromatic heterocycles. The van der Waals surface area contributed by atoms with Gasteiger partial charge in [-0.15, -0.1) is 0 Å². The first-order valence-corrected chi connectivity index (χ1v) is 7.49. The monoisotopic (exact) mass is 368 g/mol. The van der Waals surface area contributed by atoms with E-state index in [2.05, 4.69) is 10.1 Å². The number of carbonyl (C=O) groups is 2. The first kappa shape index (κ1) is 19.2. The maximum atomic E-state index is 12.6. The van der Waals surface area contributed by atoms with Gasteiger partial charge in [0.25, 0.3) is 11.5 Å². The number of amides is 1. The summed E-state index contributed by atoms with van der Waals surface area (Å²) >= 11 is 0. The van der Waals surface area contributed by atoms with Crippen LogP contribution < -0.4 is 10.9 Å². The van der Waals surface area contributed by atoms with Crippen LogP contribution in [-0.4, -0.2) is 23.1 Å². The van der Waals surface area contributed by atoms with Crippen molar-refractivity contribution in [3.63, 3.8) is 0 Å². The van der Waals surface area contributed by atoms with Crippen LogP contribution in [0.15, 0.2) is 53.5 Å². The molecule has 0 saturated carbocycles. The Labute approximate surface area is 146 Å². The first-order valence-electron chi connectivity index (χ1n) is 7.49. The highest BCUT2D eigenvalue weighted by molar-refractivity contribution is 5.80. The van der Waals surface area contributed by atoms with Crippen molar-refractivity contribution in [1.82, 2.24) is 9.88 Å². The number of nitrogens with zero attached hydrogens (tertiary/aromatic N) is 1. The third kappa shape index (κ3) is 5.76. The summed E-state index contributed by atoms with van der Waals surface area (Å²) in [5.74, 6) is -1.57. The maximum absolute atomic E-state index is 12.6. The molecule has 0 atom stereocenters. The van der Waals surface area contributed by atoms with Crippen molar-refractivity contribution >= 4 is 11.9 Å². The Kier molecular flexibility index (Phi) is 6.16. The van der Waals surface area contributed by atoms with Gasteiger partial charge in [0.2, 0.25) is 0 Å². The smallest absolute Gasteiger partial charge is 0.417 e. The van der Waals surface area contributed by atoms with Crippen LogP contribution in [0.3, 0.4) is 0 Å². The highest BCUT2D eigenvalue weighted by Crippen LogP contribution is 2.27. The molecule has 1 amide bonds. The quantitative estimate of drug-likeness (QED) is 0.788. The molecule has 0 fully saturated rings. The van der Waals surface area contributed by atoms with Gasteiger partial charge in [-0.3, -0.25) is 14.4 Å². The lowest BCUT2D eigenvalue weighted by atomic mass is 10.2. The van der Waals surface area contributed by atoms with Gasteiger partial charge in [0, 0.05) is 18.8 Å². The number of hydrogen-bond donors (Lipinski definition) is 1. The molecule has 0 saturated heterocycles. The second kappa shape index (κ2) is 8.32. The van der Waals surface area contributed by atoms with Crippen LogP contribution in [0.25, 0.3) is 0 Å². The van der Waals surface area contributed by atoms with Gasteiger partial charge in [-0.2, -0.15) is 13.2 Å². The van der Waals surface area contributed by atoms with E-state index in [0.29, 0.717) is 22.9 Å². The lowest BCUT2D eigenvalue weighted by Gasteiger charge is -2.10. The fourth-order valence-electron chi connectivity index (χ4n) is 2.00. The molecule has 26 heavy (non-hydrogen) atoms. The van der Waals surface area contributed by atoms with E-state index in [-0.39, 0.29) is 6.54 Å². The Morgan fingerprint density at radius 2 is 1.77 bits per heavy atom. The Morgan fingerprint density at radius 3 is 2.42 bits per heavy atom. The second-order valence-corrected chi connectivity index (χ2v) is 5.30. The zero-order valence-electron chi connectivity index (χ0n) is 13.5. The number of carbonyl (C=O) groups excluding carboxylic acids is 2. The average Bonchev–Trinajstić information content (AvgIpc) is 2.60. The minimum absolute atomic E-state index is 0.240. The van der Waals surface area contributed by atoms with Gasteiger partial charge < -0.3 is 14.6 Å². The standard InChI is InChI=1S/C17H15F3N2O4/c18-17(19,20)13-6-7-15(24)22(9-13)10-16(25)26-11-14(23)21-8-12-4-2-1-3-5-12/h1-7,9H,8,10-11H2,(H,21,23). The van der Waals surface area contributed by atoms with Gasteiger partial charge in [-0.05, 0) is 11.6 Å². The first-order chi connectivity index (χ1) is 12.3. The molecule has 138 valence electrons. The molecule has 9 heteroatoms. The van der Waals surface area contributed by atoms with Crippen molar-refractivity contribution in [2.75, 3.05) is 6.61 Å². The van der Waals surface area contributed by atoms with Crippen molar-refractivity contribution in [3.05, 3.63) is 70.1 Å². The van der Waals surface area contributed by atoms with E-state index in [1.165, 1.54) is 0 Å². The SMILES string of the molecule is O=C(COC(=O)Cn1cc(C(F)(F)F)ccc1=O)NCc1ccccc1. The van der Waals surface area contributed by atoms with Gasteiger partial charge in [0.05, 0.1) is 5.56 Å². The Bertz CT molecular complexity index is 832. The number of esters is 1. The van der Waals surface area contributed by atoms with E-state index in [1.807, 2.05) is 6.07 Å². The summed E-state index contributed by atoms with van der Waals surface area (Å²) in [7, 11) is 0. The molecule has 0 aliphatic heterocycles. The molecule has 0 radical (unpaired) electrons. The van der Waals surface area contributed by atoms with Gasteiger partial charge in [-0.1, -0.05) is 30.3 Å². The van der Waals surface area contributed by atoms with Crippen molar-refractivity contribution in [1.29, 1.82) is 0 Å². The number of alkyl halides is 3. The van der Waals surface area contributed by atoms with E-state index in [4.69, 9.17) is 0 Å².